The number of carbonyl (C=O) groups is 1. The van der Waals surface area contributed by atoms with Crippen LogP contribution in [0, 0.1) is 0 Å². The molecule has 0 aliphatic heterocycles. The van der Waals surface area contributed by atoms with Crippen LogP contribution in [0.2, 0.25) is 0 Å². The summed E-state index contributed by atoms with van der Waals surface area (Å²) in [6.07, 6.45) is 3.01. The third kappa shape index (κ3) is 3.74. The Balaban J connectivity index is 1.60. The Bertz CT molecular complexity index is 756. The standard InChI is InChI=1S/C19H21N3O2/c1-24-18-12-5-4-10-17(18)20-13-19(23)22-21-16-11-6-8-14-7-2-3-9-15(14)16/h2-5,7,9-10,12,20H,6,8,11,13H2,1H3,(H,22,23)/b21-16-. The Morgan fingerprint density at radius 1 is 1.12 bits per heavy atom. The second-order valence-electron chi connectivity index (χ2n) is 5.66. The highest BCUT2D eigenvalue weighted by Gasteiger charge is 2.15. The van der Waals surface area contributed by atoms with Gasteiger partial charge in [-0.25, -0.2) is 5.43 Å². The summed E-state index contributed by atoms with van der Waals surface area (Å²) in [5, 5.41) is 7.39. The van der Waals surface area contributed by atoms with Crippen LogP contribution in [-0.4, -0.2) is 25.3 Å². The van der Waals surface area contributed by atoms with Crippen molar-refractivity contribution in [2.24, 2.45) is 5.10 Å². The zero-order valence-corrected chi connectivity index (χ0v) is 13.7. The molecule has 0 fully saturated rings. The molecule has 0 heterocycles. The molecular weight excluding hydrogens is 302 g/mol. The van der Waals surface area contributed by atoms with Gasteiger partial charge in [-0.05, 0) is 37.0 Å². The molecule has 0 spiro atoms. The fraction of sp³-hybridized carbons (Fsp3) is 0.263. The van der Waals surface area contributed by atoms with E-state index in [2.05, 4.69) is 28.0 Å². The maximum atomic E-state index is 12.0. The topological polar surface area (TPSA) is 62.7 Å². The van der Waals surface area contributed by atoms with E-state index in [1.54, 1.807) is 7.11 Å². The van der Waals surface area contributed by atoms with Gasteiger partial charge in [0.05, 0.1) is 25.1 Å². The lowest BCUT2D eigenvalue weighted by Crippen LogP contribution is -2.28. The van der Waals surface area contributed by atoms with Crippen LogP contribution >= 0.6 is 0 Å². The van der Waals surface area contributed by atoms with Crippen molar-refractivity contribution in [1.82, 2.24) is 5.43 Å². The van der Waals surface area contributed by atoms with Crippen molar-refractivity contribution in [2.45, 2.75) is 19.3 Å². The van der Waals surface area contributed by atoms with E-state index in [1.165, 1.54) is 5.56 Å². The molecule has 24 heavy (non-hydrogen) atoms. The van der Waals surface area contributed by atoms with Gasteiger partial charge < -0.3 is 10.1 Å². The molecule has 2 aromatic carbocycles. The number of ether oxygens (including phenoxy) is 1. The summed E-state index contributed by atoms with van der Waals surface area (Å²) < 4.78 is 5.25. The molecule has 5 nitrogen and oxygen atoms in total. The zero-order chi connectivity index (χ0) is 16.8. The number of nitrogens with zero attached hydrogens (tertiary/aromatic N) is 1. The van der Waals surface area contributed by atoms with E-state index < -0.39 is 0 Å². The van der Waals surface area contributed by atoms with Crippen molar-refractivity contribution in [3.05, 3.63) is 59.7 Å². The third-order valence-electron chi connectivity index (χ3n) is 4.05. The number of amides is 1. The van der Waals surface area contributed by atoms with Gasteiger partial charge in [-0.3, -0.25) is 4.79 Å². The van der Waals surface area contributed by atoms with Crippen molar-refractivity contribution in [2.75, 3.05) is 19.0 Å². The molecular formula is C19H21N3O2. The number of aryl methyl sites for hydroxylation is 1. The van der Waals surface area contributed by atoms with Crippen LogP contribution in [0.15, 0.2) is 53.6 Å². The van der Waals surface area contributed by atoms with Crippen molar-refractivity contribution in [3.63, 3.8) is 0 Å². The summed E-state index contributed by atoms with van der Waals surface area (Å²) in [7, 11) is 1.60. The molecule has 2 aromatic rings. The largest absolute Gasteiger partial charge is 0.495 e. The van der Waals surface area contributed by atoms with E-state index in [9.17, 15) is 4.79 Å². The van der Waals surface area contributed by atoms with Gasteiger partial charge in [-0.15, -0.1) is 0 Å². The minimum Gasteiger partial charge on any atom is -0.495 e. The SMILES string of the molecule is COc1ccccc1NCC(=O)N/N=C1/CCCc2ccccc21. The third-order valence-corrected chi connectivity index (χ3v) is 4.05. The predicted molar refractivity (Wildman–Crippen MR) is 95.5 cm³/mol. The molecule has 0 atom stereocenters. The van der Waals surface area contributed by atoms with Crippen LogP contribution in [0.4, 0.5) is 5.69 Å². The fourth-order valence-electron chi connectivity index (χ4n) is 2.85. The van der Waals surface area contributed by atoms with E-state index in [0.29, 0.717) is 5.75 Å². The van der Waals surface area contributed by atoms with E-state index in [0.717, 1.165) is 36.2 Å². The minimum atomic E-state index is -0.184. The smallest absolute Gasteiger partial charge is 0.259 e. The maximum absolute atomic E-state index is 12.0. The number of hydrogen-bond donors (Lipinski definition) is 2. The first-order valence-corrected chi connectivity index (χ1v) is 8.08. The van der Waals surface area contributed by atoms with Crippen LogP contribution < -0.4 is 15.5 Å². The number of fused-ring (bicyclic) bond motifs is 1. The van der Waals surface area contributed by atoms with E-state index in [4.69, 9.17) is 4.74 Å². The summed E-state index contributed by atoms with van der Waals surface area (Å²) >= 11 is 0. The predicted octanol–water partition coefficient (Wildman–Crippen LogP) is 2.96. The average Bonchev–Trinajstić information content (AvgIpc) is 2.64. The second kappa shape index (κ2) is 7.64. The van der Waals surface area contributed by atoms with Gasteiger partial charge in [0.1, 0.15) is 5.75 Å². The van der Waals surface area contributed by atoms with Gasteiger partial charge in [-0.1, -0.05) is 36.4 Å². The van der Waals surface area contributed by atoms with E-state index in [1.807, 2.05) is 36.4 Å². The summed E-state index contributed by atoms with van der Waals surface area (Å²) in [6, 6.07) is 15.7. The first-order valence-electron chi connectivity index (χ1n) is 8.08. The van der Waals surface area contributed by atoms with Crippen molar-refractivity contribution >= 4 is 17.3 Å². The Morgan fingerprint density at radius 3 is 2.79 bits per heavy atom. The lowest BCUT2D eigenvalue weighted by Gasteiger charge is -2.17. The molecule has 124 valence electrons. The highest BCUT2D eigenvalue weighted by molar-refractivity contribution is 6.03. The molecule has 1 aliphatic carbocycles. The minimum absolute atomic E-state index is 0.138. The Kier molecular flexibility index (Phi) is 5.11. The number of carbonyl (C=O) groups excluding carboxylic acids is 1. The second-order valence-corrected chi connectivity index (χ2v) is 5.66. The normalized spacial score (nSPS) is 14.8. The quantitative estimate of drug-likeness (QED) is 0.832. The number of para-hydroxylation sites is 2. The van der Waals surface area contributed by atoms with Gasteiger partial charge >= 0.3 is 0 Å². The number of hydrazone groups is 1. The van der Waals surface area contributed by atoms with Crippen LogP contribution in [0.1, 0.15) is 24.0 Å². The summed E-state index contributed by atoms with van der Waals surface area (Å²) in [4.78, 5) is 12.0. The Morgan fingerprint density at radius 2 is 1.92 bits per heavy atom. The molecule has 5 heteroatoms. The van der Waals surface area contributed by atoms with Crippen LogP contribution in [0.5, 0.6) is 5.75 Å². The monoisotopic (exact) mass is 323 g/mol. The number of anilines is 1. The van der Waals surface area contributed by atoms with Crippen LogP contribution in [-0.2, 0) is 11.2 Å². The number of methoxy groups -OCH3 is 1. The van der Waals surface area contributed by atoms with Gasteiger partial charge in [0.25, 0.3) is 5.91 Å². The van der Waals surface area contributed by atoms with Crippen molar-refractivity contribution in [1.29, 1.82) is 0 Å². The van der Waals surface area contributed by atoms with E-state index >= 15 is 0 Å². The maximum Gasteiger partial charge on any atom is 0.259 e. The molecule has 0 aromatic heterocycles. The van der Waals surface area contributed by atoms with Crippen LogP contribution in [0.25, 0.3) is 0 Å². The van der Waals surface area contributed by atoms with Gasteiger partial charge in [0.2, 0.25) is 0 Å². The van der Waals surface area contributed by atoms with E-state index in [-0.39, 0.29) is 12.5 Å². The summed E-state index contributed by atoms with van der Waals surface area (Å²) in [5.74, 6) is 0.522. The average molecular weight is 323 g/mol. The molecule has 0 unspecified atom stereocenters. The number of benzene rings is 2. The molecule has 3 rings (SSSR count). The molecule has 0 saturated carbocycles. The van der Waals surface area contributed by atoms with Crippen molar-refractivity contribution in [3.8, 4) is 5.75 Å². The number of rotatable bonds is 5. The fourth-order valence-corrected chi connectivity index (χ4v) is 2.85. The highest BCUT2D eigenvalue weighted by Crippen LogP contribution is 2.23. The first kappa shape index (κ1) is 16.1. The Labute approximate surface area is 141 Å². The molecule has 1 amide bonds. The number of hydrogen-bond acceptors (Lipinski definition) is 4. The first-order chi connectivity index (χ1) is 11.8. The molecule has 1 aliphatic rings. The summed E-state index contributed by atoms with van der Waals surface area (Å²) in [5.41, 5.74) is 6.81. The molecule has 0 bridgehead atoms. The van der Waals surface area contributed by atoms with Crippen LogP contribution in [0.3, 0.4) is 0 Å². The van der Waals surface area contributed by atoms with Gasteiger partial charge in [0.15, 0.2) is 0 Å². The molecule has 0 saturated heterocycles. The number of nitrogens with one attached hydrogen (secondary N) is 2. The highest BCUT2D eigenvalue weighted by atomic mass is 16.5. The van der Waals surface area contributed by atoms with Gasteiger partial charge in [-0.2, -0.15) is 5.10 Å². The molecule has 0 radical (unpaired) electrons. The van der Waals surface area contributed by atoms with Crippen molar-refractivity contribution < 1.29 is 9.53 Å². The lowest BCUT2D eigenvalue weighted by atomic mass is 9.90. The Hall–Kier alpha value is -2.82. The molecule has 2 N–H and O–H groups in total. The lowest BCUT2D eigenvalue weighted by molar-refractivity contribution is -0.119. The zero-order valence-electron chi connectivity index (χ0n) is 13.7. The summed E-state index contributed by atoms with van der Waals surface area (Å²) in [6.45, 7) is 0.138. The van der Waals surface area contributed by atoms with Gasteiger partial charge in [0, 0.05) is 5.56 Å².